The first-order valence-corrected chi connectivity index (χ1v) is 12.0. The number of nitrogens with one attached hydrogen (secondary N) is 2. The highest BCUT2D eigenvalue weighted by atomic mass is 32.2. The number of hydrogen-bond acceptors (Lipinski definition) is 10. The van der Waals surface area contributed by atoms with Crippen molar-refractivity contribution in [1.82, 2.24) is 10.6 Å². The van der Waals surface area contributed by atoms with E-state index in [1.807, 2.05) is 0 Å². The van der Waals surface area contributed by atoms with Gasteiger partial charge >= 0.3 is 11.9 Å². The number of benzene rings is 2. The monoisotopic (exact) mass is 520 g/mol. The smallest absolute Gasteiger partial charge is 0.325 e. The molecule has 2 aromatic rings. The molecule has 14 nitrogen and oxygen atoms in total. The minimum Gasteiger partial charge on any atom is -0.508 e. The fourth-order valence-corrected chi connectivity index (χ4v) is 3.97. The number of aliphatic carboxylic acids is 2. The molecule has 0 unspecified atom stereocenters. The van der Waals surface area contributed by atoms with Gasteiger partial charge in [0.2, 0.25) is 0 Å². The average Bonchev–Trinajstić information content (AvgIpc) is 2.70. The molecule has 2 rings (SSSR count). The van der Waals surface area contributed by atoms with Gasteiger partial charge in [-0.2, -0.15) is 16.8 Å². The van der Waals surface area contributed by atoms with Crippen LogP contribution in [0.1, 0.15) is 23.2 Å². The third-order valence-electron chi connectivity index (χ3n) is 4.53. The summed E-state index contributed by atoms with van der Waals surface area (Å²) >= 11 is 0. The summed E-state index contributed by atoms with van der Waals surface area (Å²) in [6, 6.07) is 1.65. The molecule has 0 spiro atoms. The highest BCUT2D eigenvalue weighted by molar-refractivity contribution is 7.86. The largest absolute Gasteiger partial charge is 0.508 e. The summed E-state index contributed by atoms with van der Waals surface area (Å²) in [5.41, 5.74) is -0.785. The first-order valence-electron chi connectivity index (χ1n) is 9.16. The molecule has 0 heterocycles. The molecule has 0 radical (unpaired) electrons. The number of carbonyl (C=O) groups is 2. The van der Waals surface area contributed by atoms with Crippen molar-refractivity contribution in [1.29, 1.82) is 0 Å². The zero-order valence-electron chi connectivity index (χ0n) is 17.0. The van der Waals surface area contributed by atoms with Crippen LogP contribution in [0.2, 0.25) is 0 Å². The maximum Gasteiger partial charge on any atom is 0.325 e. The van der Waals surface area contributed by atoms with Gasteiger partial charge in [0.1, 0.15) is 23.6 Å². The normalized spacial score (nSPS) is 13.8. The molecule has 0 aliphatic carbocycles. The van der Waals surface area contributed by atoms with Crippen molar-refractivity contribution in [3.8, 4) is 11.5 Å². The molecule has 2 atom stereocenters. The van der Waals surface area contributed by atoms with E-state index in [1.165, 1.54) is 0 Å². The predicted molar refractivity (Wildman–Crippen MR) is 113 cm³/mol. The highest BCUT2D eigenvalue weighted by Gasteiger charge is 2.27. The molecule has 0 saturated carbocycles. The van der Waals surface area contributed by atoms with Crippen LogP contribution in [-0.2, 0) is 29.8 Å². The lowest BCUT2D eigenvalue weighted by Gasteiger charge is -2.19. The zero-order chi connectivity index (χ0) is 25.8. The first-order chi connectivity index (χ1) is 15.6. The van der Waals surface area contributed by atoms with Crippen LogP contribution in [0.4, 0.5) is 0 Å². The molecule has 8 N–H and O–H groups in total. The summed E-state index contributed by atoms with van der Waals surface area (Å²) in [5, 5.41) is 43.7. The maximum absolute atomic E-state index is 11.6. The van der Waals surface area contributed by atoms with E-state index in [0.29, 0.717) is 0 Å². The highest BCUT2D eigenvalue weighted by Crippen LogP contribution is 2.29. The molecule has 0 aliphatic rings. The number of carboxylic acids is 2. The van der Waals surface area contributed by atoms with Crippen LogP contribution in [0.15, 0.2) is 46.2 Å². The summed E-state index contributed by atoms with van der Waals surface area (Å²) in [6.07, 6.45) is 0. The Balaban J connectivity index is 2.20. The van der Waals surface area contributed by atoms with Gasteiger partial charge in [0.15, 0.2) is 0 Å². The van der Waals surface area contributed by atoms with Crippen LogP contribution in [-0.4, -0.2) is 71.4 Å². The van der Waals surface area contributed by atoms with Gasteiger partial charge in [-0.15, -0.1) is 0 Å². The van der Waals surface area contributed by atoms with Crippen molar-refractivity contribution in [2.75, 3.05) is 13.1 Å². The van der Waals surface area contributed by atoms with Gasteiger partial charge in [0.05, 0.1) is 9.79 Å². The Hall–Kier alpha value is -3.28. The number of aromatic hydroxyl groups is 2. The predicted octanol–water partition coefficient (Wildman–Crippen LogP) is -0.278. The van der Waals surface area contributed by atoms with Crippen molar-refractivity contribution in [3.05, 3.63) is 47.5 Å². The summed E-state index contributed by atoms with van der Waals surface area (Å²) in [6.45, 7) is -0.538. The van der Waals surface area contributed by atoms with E-state index in [9.17, 15) is 46.9 Å². The Morgan fingerprint density at radius 2 is 1.03 bits per heavy atom. The molecular weight excluding hydrogens is 500 g/mol. The lowest BCUT2D eigenvalue weighted by Crippen LogP contribution is -2.37. The topological polar surface area (TPSA) is 248 Å². The van der Waals surface area contributed by atoms with E-state index < -0.39 is 76.7 Å². The minimum atomic E-state index is -4.69. The number of phenolic OH excluding ortho intramolecular Hbond substituents is 2. The van der Waals surface area contributed by atoms with E-state index >= 15 is 0 Å². The summed E-state index contributed by atoms with van der Waals surface area (Å²) in [5.74, 6) is -4.24. The second-order valence-corrected chi connectivity index (χ2v) is 9.69. The molecule has 2 aromatic carbocycles. The van der Waals surface area contributed by atoms with Gasteiger partial charge < -0.3 is 20.4 Å². The van der Waals surface area contributed by atoms with Crippen LogP contribution in [0, 0.1) is 0 Å². The molecule has 34 heavy (non-hydrogen) atoms. The number of rotatable bonds is 11. The van der Waals surface area contributed by atoms with Crippen molar-refractivity contribution in [3.63, 3.8) is 0 Å². The fraction of sp³-hybridized carbons (Fsp3) is 0.222. The molecule has 16 heteroatoms. The third kappa shape index (κ3) is 6.62. The SMILES string of the molecule is O=C(O)[C@H](NCCN[C@@H](C(=O)O)c1cc(S(=O)(=O)O)ccc1O)c1cc(S(=O)(=O)O)ccc1O. The van der Waals surface area contributed by atoms with Crippen molar-refractivity contribution >= 4 is 32.2 Å². The standard InChI is InChI=1S/C18H20N2O12S2/c21-13-3-1-9(33(27,28)29)7-11(13)15(17(23)24)19-5-6-20-16(18(25)26)12-8-10(34(30,31)32)2-4-14(12)22/h1-4,7-8,15-16,19-22H,5-6H2,(H,23,24)(H,25,26)(H,27,28,29)(H,30,31,32)/t15-,16-/m1/s1. The zero-order valence-corrected chi connectivity index (χ0v) is 18.6. The number of phenols is 2. The van der Waals surface area contributed by atoms with E-state index in [4.69, 9.17) is 9.11 Å². The first kappa shape index (κ1) is 27.0. The molecule has 186 valence electrons. The minimum absolute atomic E-state index is 0.269. The van der Waals surface area contributed by atoms with Crippen LogP contribution in [0.25, 0.3) is 0 Å². The second-order valence-electron chi connectivity index (χ2n) is 6.84. The van der Waals surface area contributed by atoms with E-state index in [-0.39, 0.29) is 13.1 Å². The molecule has 0 aromatic heterocycles. The molecule has 0 fully saturated rings. The number of carboxylic acid groups (broad SMARTS) is 2. The van der Waals surface area contributed by atoms with Crippen LogP contribution >= 0.6 is 0 Å². The lowest BCUT2D eigenvalue weighted by molar-refractivity contribution is -0.141. The summed E-state index contributed by atoms with van der Waals surface area (Å²) in [7, 11) is -9.38. The van der Waals surface area contributed by atoms with Crippen LogP contribution in [0.3, 0.4) is 0 Å². The Bertz CT molecular complexity index is 1210. The number of hydrogen-bond donors (Lipinski definition) is 8. The van der Waals surface area contributed by atoms with Crippen molar-refractivity contribution in [2.24, 2.45) is 0 Å². The van der Waals surface area contributed by atoms with Crippen LogP contribution in [0.5, 0.6) is 11.5 Å². The average molecular weight is 520 g/mol. The van der Waals surface area contributed by atoms with Gasteiger partial charge in [-0.05, 0) is 36.4 Å². The second kappa shape index (κ2) is 10.3. The summed E-state index contributed by atoms with van der Waals surface area (Å²) < 4.78 is 63.5. The molecule has 0 bridgehead atoms. The lowest BCUT2D eigenvalue weighted by atomic mass is 10.1. The van der Waals surface area contributed by atoms with Gasteiger partial charge in [-0.3, -0.25) is 29.3 Å². The third-order valence-corrected chi connectivity index (χ3v) is 6.23. The van der Waals surface area contributed by atoms with E-state index in [0.717, 1.165) is 36.4 Å². The Morgan fingerprint density at radius 3 is 1.29 bits per heavy atom. The Morgan fingerprint density at radius 1 is 0.706 bits per heavy atom. The van der Waals surface area contributed by atoms with Crippen molar-refractivity contribution < 1.29 is 56.0 Å². The Kier molecular flexibility index (Phi) is 8.19. The van der Waals surface area contributed by atoms with Gasteiger partial charge in [0, 0.05) is 24.2 Å². The van der Waals surface area contributed by atoms with Gasteiger partial charge in [-0.25, -0.2) is 0 Å². The Labute approximate surface area is 193 Å². The quantitative estimate of drug-likeness (QED) is 0.140. The van der Waals surface area contributed by atoms with Crippen LogP contribution < -0.4 is 10.6 Å². The molecule has 0 aliphatic heterocycles. The fourth-order valence-electron chi connectivity index (χ4n) is 2.94. The van der Waals surface area contributed by atoms with E-state index in [1.54, 1.807) is 0 Å². The van der Waals surface area contributed by atoms with Gasteiger partial charge in [-0.1, -0.05) is 0 Å². The maximum atomic E-state index is 11.6. The summed E-state index contributed by atoms with van der Waals surface area (Å²) in [4.78, 5) is 21.9. The van der Waals surface area contributed by atoms with E-state index in [2.05, 4.69) is 10.6 Å². The van der Waals surface area contributed by atoms with Crippen molar-refractivity contribution in [2.45, 2.75) is 21.9 Å². The molecule has 0 saturated heterocycles. The molecule has 0 amide bonds. The molecular formula is C18H20N2O12S2. The van der Waals surface area contributed by atoms with Gasteiger partial charge in [0.25, 0.3) is 20.2 Å².